The molecule has 1 aromatic heterocycles. The number of hydrogen-bond acceptors (Lipinski definition) is 7. The predicted octanol–water partition coefficient (Wildman–Crippen LogP) is 10.4. The fraction of sp³-hybridized carbons (Fsp3) is 0.385. The number of alkyl halides is 3. The molecule has 8 nitrogen and oxygen atoms in total. The van der Waals surface area contributed by atoms with Crippen LogP contribution >= 0.6 is 0 Å². The first-order valence-corrected chi connectivity index (χ1v) is 22.3. The molecule has 3 aliphatic heterocycles. The third kappa shape index (κ3) is 10.4. The van der Waals surface area contributed by atoms with Gasteiger partial charge in [-0.15, -0.1) is 0 Å². The van der Waals surface area contributed by atoms with Gasteiger partial charge in [0.15, 0.2) is 0 Å². The number of nitrogens with one attached hydrogen (secondary N) is 4. The SMILES string of the molecule is C=CN/C=C(C(=C)Nc1cc(C2=CCN(C(=C)CCCCCNc3cccc4c(=C)n(C5CCC(=C)NC5=C)c(=C)c34)CC2)c(F)cc1N1CC(C)N(C)C(C)C1)\C(=C/C)C(F)(F)F. The second-order valence-corrected chi connectivity index (χ2v) is 17.4. The van der Waals surface area contributed by atoms with E-state index in [1.165, 1.54) is 25.4 Å². The van der Waals surface area contributed by atoms with Crippen LogP contribution < -0.4 is 36.9 Å². The van der Waals surface area contributed by atoms with Gasteiger partial charge in [0.2, 0.25) is 0 Å². The molecule has 12 heteroatoms. The molecule has 0 radical (unpaired) electrons. The van der Waals surface area contributed by atoms with Crippen molar-refractivity contribution < 1.29 is 17.6 Å². The quantitative estimate of drug-likeness (QED) is 0.0612. The molecule has 4 N–H and O–H groups in total. The molecule has 2 aromatic carbocycles. The van der Waals surface area contributed by atoms with Gasteiger partial charge in [-0.3, -0.25) is 4.90 Å². The molecule has 3 unspecified atom stereocenters. The van der Waals surface area contributed by atoms with E-state index in [0.717, 1.165) is 101 Å². The lowest BCUT2D eigenvalue weighted by Gasteiger charge is -2.44. The van der Waals surface area contributed by atoms with E-state index in [1.54, 1.807) is 6.07 Å². The Balaban J connectivity index is 1.09. The first-order chi connectivity index (χ1) is 30.4. The third-order valence-corrected chi connectivity index (χ3v) is 13.1. The summed E-state index contributed by atoms with van der Waals surface area (Å²) >= 11 is 0. The maximum atomic E-state index is 16.3. The summed E-state index contributed by atoms with van der Waals surface area (Å²) < 4.78 is 61.2. The topological polar surface area (TPSA) is 62.8 Å². The lowest BCUT2D eigenvalue weighted by atomic mass is 9.96. The van der Waals surface area contributed by atoms with Crippen LogP contribution in [0.3, 0.4) is 0 Å². The monoisotopic (exact) mass is 879 g/mol. The molecule has 0 bridgehead atoms. The number of nitrogens with zero attached hydrogens (tertiary/aromatic N) is 4. The van der Waals surface area contributed by atoms with Gasteiger partial charge >= 0.3 is 6.18 Å². The normalized spacial score (nSPS) is 20.2. The summed E-state index contributed by atoms with van der Waals surface area (Å²) in [4.78, 5) is 6.61. The molecule has 2 fully saturated rings. The summed E-state index contributed by atoms with van der Waals surface area (Å²) in [7, 11) is 2.06. The number of unbranched alkanes of at least 4 members (excludes halogenated alkanes) is 2. The van der Waals surface area contributed by atoms with Crippen molar-refractivity contribution in [2.24, 2.45) is 0 Å². The Morgan fingerprint density at radius 3 is 2.34 bits per heavy atom. The van der Waals surface area contributed by atoms with Crippen molar-refractivity contribution in [1.29, 1.82) is 0 Å². The molecule has 6 rings (SSSR count). The molecule has 0 amide bonds. The van der Waals surface area contributed by atoms with E-state index < -0.39 is 11.7 Å². The number of piperidine rings is 1. The number of aromatic nitrogens is 1. The molecule has 2 saturated heterocycles. The van der Waals surface area contributed by atoms with Gasteiger partial charge in [-0.05, 0) is 96.3 Å². The summed E-state index contributed by atoms with van der Waals surface area (Å²) in [5.41, 5.74) is 5.30. The maximum Gasteiger partial charge on any atom is 0.416 e. The number of piperazine rings is 1. The maximum absolute atomic E-state index is 16.3. The summed E-state index contributed by atoms with van der Waals surface area (Å²) in [6, 6.07) is 9.92. The van der Waals surface area contributed by atoms with Gasteiger partial charge in [-0.1, -0.05) is 76.8 Å². The number of likely N-dealkylation sites (N-methyl/N-ethyl adjacent to an activating group) is 1. The van der Waals surface area contributed by atoms with Gasteiger partial charge in [0.25, 0.3) is 0 Å². The molecule has 0 spiro atoms. The highest BCUT2D eigenvalue weighted by Gasteiger charge is 2.37. The van der Waals surface area contributed by atoms with Gasteiger partial charge in [0.1, 0.15) is 5.82 Å². The Kier molecular flexibility index (Phi) is 15.1. The van der Waals surface area contributed by atoms with Crippen molar-refractivity contribution >= 4 is 46.6 Å². The van der Waals surface area contributed by atoms with Crippen molar-refractivity contribution in [3.63, 3.8) is 0 Å². The standard InChI is InChI=1S/C52H66F4N8/c1-12-45(52(54,55)56)44(30-57-13-2)37(7)60-48-28-43(46(53)29-50(48)63-31-35(5)61(11)36(6)32-63)41-23-26-62(27-24-41)34(4)18-15-14-16-25-58-47-20-17-19-42-39(9)64(40(10)51(42)47)49-22-21-33(3)59-38(49)8/h12-13,17,19-20,23,28-30,35-36,49,57-60H,2-4,7-10,14-16,18,21-22,24-27,31-32H2,1,5-6,11H3/b44-30-,45-12+. The van der Waals surface area contributed by atoms with E-state index in [2.05, 4.69) is 126 Å². The van der Waals surface area contributed by atoms with Crippen LogP contribution in [0, 0.1) is 5.82 Å². The number of hydrogen-bond donors (Lipinski definition) is 4. The summed E-state index contributed by atoms with van der Waals surface area (Å²) in [6.45, 7) is 38.2. The average Bonchev–Trinajstić information content (AvgIpc) is 3.51. The zero-order chi connectivity index (χ0) is 46.5. The van der Waals surface area contributed by atoms with Gasteiger partial charge in [0.05, 0.1) is 23.0 Å². The summed E-state index contributed by atoms with van der Waals surface area (Å²) in [6.07, 6.45) is 7.16. The highest BCUT2D eigenvalue weighted by atomic mass is 19.4. The number of benzene rings is 2. The molecular formula is C52H66F4N8. The van der Waals surface area contributed by atoms with E-state index in [9.17, 15) is 13.2 Å². The van der Waals surface area contributed by atoms with Crippen molar-refractivity contribution in [2.75, 3.05) is 55.3 Å². The summed E-state index contributed by atoms with van der Waals surface area (Å²) in [5, 5.41) is 16.9. The lowest BCUT2D eigenvalue weighted by molar-refractivity contribution is -0.0892. The highest BCUT2D eigenvalue weighted by Crippen LogP contribution is 2.40. The zero-order valence-electron chi connectivity index (χ0n) is 38.2. The predicted molar refractivity (Wildman–Crippen MR) is 261 cm³/mol. The Labute approximate surface area is 377 Å². The van der Waals surface area contributed by atoms with Crippen LogP contribution in [0.25, 0.3) is 29.5 Å². The van der Waals surface area contributed by atoms with Crippen molar-refractivity contribution in [3.8, 4) is 0 Å². The van der Waals surface area contributed by atoms with Crippen LogP contribution in [0.5, 0.6) is 0 Å². The Hall–Kier alpha value is -5.88. The Morgan fingerprint density at radius 2 is 1.70 bits per heavy atom. The number of fused-ring (bicyclic) bond motifs is 1. The molecule has 0 saturated carbocycles. The van der Waals surface area contributed by atoms with Crippen LogP contribution in [-0.4, -0.2) is 72.4 Å². The molecule has 3 aromatic rings. The Bertz CT molecular complexity index is 2480. The van der Waals surface area contributed by atoms with Gasteiger partial charge in [-0.2, -0.15) is 13.2 Å². The van der Waals surface area contributed by atoms with Crippen LogP contribution in [0.1, 0.15) is 77.3 Å². The molecule has 3 atom stereocenters. The van der Waals surface area contributed by atoms with Crippen LogP contribution in [0.2, 0.25) is 0 Å². The molecule has 3 aliphatic rings. The van der Waals surface area contributed by atoms with E-state index >= 15 is 4.39 Å². The van der Waals surface area contributed by atoms with Crippen molar-refractivity contribution in [3.05, 3.63) is 144 Å². The number of anilines is 3. The molecular weight excluding hydrogens is 813 g/mol. The first kappa shape index (κ1) is 47.6. The average molecular weight is 879 g/mol. The number of halogens is 4. The lowest BCUT2D eigenvalue weighted by Crippen LogP contribution is -2.55. The second-order valence-electron chi connectivity index (χ2n) is 17.4. The van der Waals surface area contributed by atoms with E-state index in [4.69, 9.17) is 0 Å². The molecule has 64 heavy (non-hydrogen) atoms. The van der Waals surface area contributed by atoms with Gasteiger partial charge < -0.3 is 35.6 Å². The zero-order valence-corrected chi connectivity index (χ0v) is 38.2. The fourth-order valence-electron chi connectivity index (χ4n) is 9.34. The van der Waals surface area contributed by atoms with Gasteiger partial charge in [0, 0.05) is 112 Å². The van der Waals surface area contributed by atoms with Crippen molar-refractivity contribution in [2.45, 2.75) is 90.0 Å². The van der Waals surface area contributed by atoms with Crippen LogP contribution in [-0.2, 0) is 0 Å². The van der Waals surface area contributed by atoms with E-state index in [-0.39, 0.29) is 35.2 Å². The largest absolute Gasteiger partial charge is 0.416 e. The molecule has 342 valence electrons. The minimum Gasteiger partial charge on any atom is -0.384 e. The molecule has 0 aliphatic carbocycles. The van der Waals surface area contributed by atoms with E-state index in [1.807, 2.05) is 6.08 Å². The Morgan fingerprint density at radius 1 is 0.969 bits per heavy atom. The number of rotatable bonds is 17. The second kappa shape index (κ2) is 20.3. The molecule has 4 heterocycles. The highest BCUT2D eigenvalue weighted by molar-refractivity contribution is 5.94. The van der Waals surface area contributed by atoms with Crippen molar-refractivity contribution in [1.82, 2.24) is 25.0 Å². The van der Waals surface area contributed by atoms with Crippen LogP contribution in [0.4, 0.5) is 34.6 Å². The smallest absolute Gasteiger partial charge is 0.384 e. The van der Waals surface area contributed by atoms with Crippen LogP contribution in [0.15, 0.2) is 122 Å². The first-order valence-electron chi connectivity index (χ1n) is 22.3. The minimum absolute atomic E-state index is 0.0175. The number of allylic oxidation sites excluding steroid dienone is 5. The third-order valence-electron chi connectivity index (χ3n) is 13.1. The summed E-state index contributed by atoms with van der Waals surface area (Å²) in [5.74, 6) is -0.378. The fourth-order valence-corrected chi connectivity index (χ4v) is 9.34. The minimum atomic E-state index is -4.63. The van der Waals surface area contributed by atoms with Gasteiger partial charge in [-0.25, -0.2) is 4.39 Å². The van der Waals surface area contributed by atoms with E-state index in [0.29, 0.717) is 49.5 Å².